The Bertz CT molecular complexity index is 840. The standard InChI is InChI=1S/C19H17BrO4/c1-23-14-5-6-15-12(10-14)3-4-13(18(15)21)7-11-8-16(20)19(22)17(9-11)24-2/h5-10,22H,3-4H2,1-2H3/b13-7-. The van der Waals surface area contributed by atoms with Crippen molar-refractivity contribution < 1.29 is 19.4 Å². The number of Topliss-reactive ketones (excluding diaryl/α,β-unsaturated/α-hetero) is 1. The average Bonchev–Trinajstić information content (AvgIpc) is 2.60. The Labute approximate surface area is 148 Å². The lowest BCUT2D eigenvalue weighted by Crippen LogP contribution is -2.14. The first-order chi connectivity index (χ1) is 11.5. The summed E-state index contributed by atoms with van der Waals surface area (Å²) >= 11 is 3.30. The SMILES string of the molecule is COc1ccc2c(c1)CC/C(=C/c1cc(Br)c(O)c(OC)c1)C2=O. The normalized spacial score (nSPS) is 15.3. The van der Waals surface area contributed by atoms with Gasteiger partial charge in [-0.15, -0.1) is 0 Å². The van der Waals surface area contributed by atoms with Crippen molar-refractivity contribution in [3.63, 3.8) is 0 Å². The third-order valence-corrected chi connectivity index (χ3v) is 4.73. The van der Waals surface area contributed by atoms with Gasteiger partial charge in [-0.3, -0.25) is 4.79 Å². The van der Waals surface area contributed by atoms with Gasteiger partial charge in [0.1, 0.15) is 5.75 Å². The number of carbonyl (C=O) groups is 1. The predicted molar refractivity (Wildman–Crippen MR) is 96.0 cm³/mol. The maximum atomic E-state index is 12.7. The zero-order valence-corrected chi connectivity index (χ0v) is 15.0. The smallest absolute Gasteiger partial charge is 0.189 e. The Hall–Kier alpha value is -2.27. The van der Waals surface area contributed by atoms with Gasteiger partial charge in [0.05, 0.1) is 18.7 Å². The van der Waals surface area contributed by atoms with Crippen LogP contribution in [0.3, 0.4) is 0 Å². The number of aromatic hydroxyl groups is 1. The molecule has 0 bridgehead atoms. The highest BCUT2D eigenvalue weighted by atomic mass is 79.9. The van der Waals surface area contributed by atoms with E-state index in [9.17, 15) is 9.90 Å². The molecule has 0 spiro atoms. The molecule has 24 heavy (non-hydrogen) atoms. The molecule has 0 aliphatic heterocycles. The van der Waals surface area contributed by atoms with Gasteiger partial charge in [0, 0.05) is 11.1 Å². The number of halogens is 1. The quantitative estimate of drug-likeness (QED) is 0.792. The first-order valence-corrected chi connectivity index (χ1v) is 8.31. The van der Waals surface area contributed by atoms with Crippen LogP contribution in [0.1, 0.15) is 27.9 Å². The number of phenolic OH excluding ortho intramolecular Hbond substituents is 1. The number of carbonyl (C=O) groups excluding carboxylic acids is 1. The molecule has 2 aromatic rings. The van der Waals surface area contributed by atoms with Crippen molar-refractivity contribution in [2.24, 2.45) is 0 Å². The van der Waals surface area contributed by atoms with E-state index < -0.39 is 0 Å². The first kappa shape index (κ1) is 16.6. The number of ether oxygens (including phenoxy) is 2. The summed E-state index contributed by atoms with van der Waals surface area (Å²) in [7, 11) is 3.11. The summed E-state index contributed by atoms with van der Waals surface area (Å²) < 4.78 is 10.9. The van der Waals surface area contributed by atoms with Crippen LogP contribution in [0.4, 0.5) is 0 Å². The van der Waals surface area contributed by atoms with Crippen molar-refractivity contribution in [3.05, 3.63) is 57.1 Å². The van der Waals surface area contributed by atoms with E-state index in [2.05, 4.69) is 15.9 Å². The third kappa shape index (κ3) is 3.04. The Morgan fingerprint density at radius 1 is 1.12 bits per heavy atom. The van der Waals surface area contributed by atoms with E-state index in [-0.39, 0.29) is 11.5 Å². The second kappa shape index (κ2) is 6.69. The van der Waals surface area contributed by atoms with E-state index in [4.69, 9.17) is 9.47 Å². The van der Waals surface area contributed by atoms with Crippen LogP contribution in [0.15, 0.2) is 40.4 Å². The van der Waals surface area contributed by atoms with E-state index in [1.807, 2.05) is 18.2 Å². The number of methoxy groups -OCH3 is 2. The van der Waals surface area contributed by atoms with Crippen molar-refractivity contribution in [2.45, 2.75) is 12.8 Å². The summed E-state index contributed by atoms with van der Waals surface area (Å²) in [5.74, 6) is 1.21. The van der Waals surface area contributed by atoms with Crippen LogP contribution in [-0.2, 0) is 6.42 Å². The zero-order valence-electron chi connectivity index (χ0n) is 13.4. The molecule has 124 valence electrons. The first-order valence-electron chi connectivity index (χ1n) is 7.52. The summed E-state index contributed by atoms with van der Waals surface area (Å²) in [6.45, 7) is 0. The zero-order chi connectivity index (χ0) is 17.3. The molecule has 0 saturated carbocycles. The second-order valence-electron chi connectivity index (χ2n) is 5.58. The van der Waals surface area contributed by atoms with Gasteiger partial charge in [-0.05, 0) is 76.3 Å². The van der Waals surface area contributed by atoms with Crippen LogP contribution in [-0.4, -0.2) is 25.1 Å². The van der Waals surface area contributed by atoms with Gasteiger partial charge >= 0.3 is 0 Å². The van der Waals surface area contributed by atoms with Gasteiger partial charge < -0.3 is 14.6 Å². The van der Waals surface area contributed by atoms with Gasteiger partial charge in [-0.2, -0.15) is 0 Å². The van der Waals surface area contributed by atoms with Gasteiger partial charge in [0.25, 0.3) is 0 Å². The summed E-state index contributed by atoms with van der Waals surface area (Å²) in [6, 6.07) is 9.02. The fourth-order valence-electron chi connectivity index (χ4n) is 2.85. The molecule has 0 saturated heterocycles. The molecule has 5 heteroatoms. The lowest BCUT2D eigenvalue weighted by molar-refractivity contribution is 0.102. The van der Waals surface area contributed by atoms with Gasteiger partial charge in [-0.25, -0.2) is 0 Å². The topological polar surface area (TPSA) is 55.8 Å². The van der Waals surface area contributed by atoms with E-state index in [1.54, 1.807) is 25.3 Å². The van der Waals surface area contributed by atoms with Crippen molar-refractivity contribution in [1.82, 2.24) is 0 Å². The largest absolute Gasteiger partial charge is 0.503 e. The van der Waals surface area contributed by atoms with Crippen molar-refractivity contribution in [3.8, 4) is 17.2 Å². The molecule has 0 fully saturated rings. The lowest BCUT2D eigenvalue weighted by Gasteiger charge is -2.18. The van der Waals surface area contributed by atoms with E-state index in [0.717, 1.165) is 34.4 Å². The van der Waals surface area contributed by atoms with Gasteiger partial charge in [0.15, 0.2) is 17.3 Å². The van der Waals surface area contributed by atoms with Crippen LogP contribution in [0.5, 0.6) is 17.2 Å². The molecule has 0 unspecified atom stereocenters. The molecule has 0 radical (unpaired) electrons. The minimum Gasteiger partial charge on any atom is -0.503 e. The number of rotatable bonds is 3. The number of hydrogen-bond acceptors (Lipinski definition) is 4. The number of aryl methyl sites for hydroxylation is 1. The highest BCUT2D eigenvalue weighted by molar-refractivity contribution is 9.10. The highest BCUT2D eigenvalue weighted by Crippen LogP contribution is 2.37. The Morgan fingerprint density at radius 2 is 1.92 bits per heavy atom. The van der Waals surface area contributed by atoms with E-state index >= 15 is 0 Å². The monoisotopic (exact) mass is 388 g/mol. The Balaban J connectivity index is 1.97. The molecule has 1 aliphatic carbocycles. The third-order valence-electron chi connectivity index (χ3n) is 4.12. The molecule has 0 atom stereocenters. The summed E-state index contributed by atoms with van der Waals surface area (Å²) in [5.41, 5.74) is 3.28. The highest BCUT2D eigenvalue weighted by Gasteiger charge is 2.22. The summed E-state index contributed by atoms with van der Waals surface area (Å²) in [5, 5.41) is 9.89. The average molecular weight is 389 g/mol. The Kier molecular flexibility index (Phi) is 4.62. The van der Waals surface area contributed by atoms with Crippen LogP contribution in [0.2, 0.25) is 0 Å². The number of ketones is 1. The van der Waals surface area contributed by atoms with E-state index in [0.29, 0.717) is 16.6 Å². The van der Waals surface area contributed by atoms with Crippen molar-refractivity contribution in [1.29, 1.82) is 0 Å². The van der Waals surface area contributed by atoms with Gasteiger partial charge in [0.2, 0.25) is 0 Å². The number of hydrogen-bond donors (Lipinski definition) is 1. The Morgan fingerprint density at radius 3 is 2.62 bits per heavy atom. The van der Waals surface area contributed by atoms with Crippen LogP contribution in [0, 0.1) is 0 Å². The number of allylic oxidation sites excluding steroid dienone is 1. The van der Waals surface area contributed by atoms with Crippen LogP contribution in [0.25, 0.3) is 6.08 Å². The maximum absolute atomic E-state index is 12.7. The van der Waals surface area contributed by atoms with Crippen molar-refractivity contribution in [2.75, 3.05) is 14.2 Å². The maximum Gasteiger partial charge on any atom is 0.189 e. The van der Waals surface area contributed by atoms with Crippen molar-refractivity contribution >= 4 is 27.8 Å². The minimum atomic E-state index is 0.0297. The van der Waals surface area contributed by atoms with Crippen LogP contribution >= 0.6 is 15.9 Å². The molecule has 0 heterocycles. The molecular formula is C19H17BrO4. The molecule has 0 amide bonds. The molecule has 4 nitrogen and oxygen atoms in total. The molecular weight excluding hydrogens is 372 g/mol. The summed E-state index contributed by atoms with van der Waals surface area (Å²) in [6.07, 6.45) is 3.31. The van der Waals surface area contributed by atoms with E-state index in [1.165, 1.54) is 7.11 Å². The number of benzene rings is 2. The molecule has 1 aliphatic rings. The number of fused-ring (bicyclic) bond motifs is 1. The summed E-state index contributed by atoms with van der Waals surface area (Å²) in [4.78, 5) is 12.7. The molecule has 3 rings (SSSR count). The van der Waals surface area contributed by atoms with Crippen LogP contribution < -0.4 is 9.47 Å². The molecule has 1 N–H and O–H groups in total. The lowest BCUT2D eigenvalue weighted by atomic mass is 9.86. The number of phenols is 1. The fourth-order valence-corrected chi connectivity index (χ4v) is 3.31. The minimum absolute atomic E-state index is 0.0297. The predicted octanol–water partition coefficient (Wildman–Crippen LogP) is 4.38. The fraction of sp³-hybridized carbons (Fsp3) is 0.211. The van der Waals surface area contributed by atoms with Gasteiger partial charge in [-0.1, -0.05) is 0 Å². The molecule has 2 aromatic carbocycles. The molecule has 0 aromatic heterocycles. The second-order valence-corrected chi connectivity index (χ2v) is 6.43.